The van der Waals surface area contributed by atoms with Gasteiger partial charge in [0.2, 0.25) is 0 Å². The van der Waals surface area contributed by atoms with Crippen LogP contribution in [-0.2, 0) is 6.54 Å². The van der Waals surface area contributed by atoms with Gasteiger partial charge in [0.25, 0.3) is 0 Å². The lowest BCUT2D eigenvalue weighted by atomic mass is 9.98. The fourth-order valence-electron chi connectivity index (χ4n) is 3.88. The Morgan fingerprint density at radius 2 is 1.50 bits per heavy atom. The normalized spacial score (nSPS) is 10.7. The topological polar surface area (TPSA) is 62.7 Å². The van der Waals surface area contributed by atoms with E-state index < -0.39 is 6.09 Å². The number of aromatic nitrogens is 1. The molecule has 0 saturated carbocycles. The summed E-state index contributed by atoms with van der Waals surface area (Å²) >= 11 is 0. The molecule has 0 bridgehead atoms. The highest BCUT2D eigenvalue weighted by molar-refractivity contribution is 5.87. The average Bonchev–Trinajstić information content (AvgIpc) is 2.66. The number of carbonyl (C=O) groups is 1. The monoisotopic (exact) mass is 404 g/mol. The minimum atomic E-state index is -1.02. The van der Waals surface area contributed by atoms with Gasteiger partial charge in [0, 0.05) is 23.0 Å². The van der Waals surface area contributed by atoms with E-state index in [1.54, 1.807) is 13.3 Å². The van der Waals surface area contributed by atoms with Gasteiger partial charge in [-0.3, -0.25) is 9.88 Å². The standard InChI is InChI=1S/C25H28N2O3/c1-15-7-16(2)9-20(8-15)21-10-17(3)11-22(12-21)27(25(28)29)14-23-19(5)24(30-6)18(4)13-26-23/h7-13H,14H2,1-6H3,(H,28,29). The Hall–Kier alpha value is -3.34. The lowest BCUT2D eigenvalue weighted by Gasteiger charge is -2.22. The SMILES string of the molecule is COc1c(C)cnc(CN(C(=O)O)c2cc(C)cc(-c3cc(C)cc(C)c3)c2)c1C. The highest BCUT2D eigenvalue weighted by Crippen LogP contribution is 2.31. The second-order valence-corrected chi connectivity index (χ2v) is 7.85. The third-order valence-electron chi connectivity index (χ3n) is 5.22. The first-order chi connectivity index (χ1) is 14.2. The Morgan fingerprint density at radius 1 is 0.933 bits per heavy atom. The van der Waals surface area contributed by atoms with Crippen LogP contribution in [0, 0.1) is 34.6 Å². The van der Waals surface area contributed by atoms with Gasteiger partial charge in [-0.15, -0.1) is 0 Å². The second kappa shape index (κ2) is 8.57. The Labute approximate surface area is 178 Å². The Bertz CT molecular complexity index is 1090. The molecule has 1 heterocycles. The molecule has 1 N–H and O–H groups in total. The van der Waals surface area contributed by atoms with E-state index in [-0.39, 0.29) is 6.54 Å². The Morgan fingerprint density at radius 3 is 2.07 bits per heavy atom. The number of nitrogens with zero attached hydrogens (tertiary/aromatic N) is 2. The molecule has 0 atom stereocenters. The molecule has 0 radical (unpaired) electrons. The molecule has 0 saturated heterocycles. The van der Waals surface area contributed by atoms with Crippen LogP contribution in [0.1, 0.15) is 33.5 Å². The van der Waals surface area contributed by atoms with Crippen molar-refractivity contribution in [2.24, 2.45) is 0 Å². The summed E-state index contributed by atoms with van der Waals surface area (Å²) < 4.78 is 5.48. The number of hydrogen-bond acceptors (Lipinski definition) is 3. The Balaban J connectivity index is 2.05. The molecule has 3 rings (SSSR count). The number of methoxy groups -OCH3 is 1. The molecule has 5 nitrogen and oxygen atoms in total. The molecule has 30 heavy (non-hydrogen) atoms. The van der Waals surface area contributed by atoms with Crippen molar-refractivity contribution >= 4 is 11.8 Å². The van der Waals surface area contributed by atoms with Crippen molar-refractivity contribution in [3.63, 3.8) is 0 Å². The molecule has 3 aromatic rings. The number of hydrogen-bond donors (Lipinski definition) is 1. The van der Waals surface area contributed by atoms with Crippen LogP contribution in [-0.4, -0.2) is 23.3 Å². The van der Waals surface area contributed by atoms with E-state index in [1.807, 2.05) is 32.9 Å². The molecule has 0 aliphatic carbocycles. The van der Waals surface area contributed by atoms with Gasteiger partial charge in [-0.1, -0.05) is 35.4 Å². The molecular weight excluding hydrogens is 376 g/mol. The fraction of sp³-hybridized carbons (Fsp3) is 0.280. The molecule has 0 unspecified atom stereocenters. The van der Waals surface area contributed by atoms with Gasteiger partial charge in [-0.2, -0.15) is 0 Å². The molecule has 0 fully saturated rings. The first-order valence-corrected chi connectivity index (χ1v) is 9.89. The van der Waals surface area contributed by atoms with Crippen molar-refractivity contribution in [3.05, 3.63) is 76.1 Å². The van der Waals surface area contributed by atoms with Gasteiger partial charge in [0.05, 0.1) is 19.3 Å². The zero-order valence-electron chi connectivity index (χ0n) is 18.4. The minimum absolute atomic E-state index is 0.146. The predicted octanol–water partition coefficient (Wildman–Crippen LogP) is 5.98. The van der Waals surface area contributed by atoms with Crippen molar-refractivity contribution in [2.75, 3.05) is 12.0 Å². The van der Waals surface area contributed by atoms with Crippen molar-refractivity contribution in [1.29, 1.82) is 0 Å². The summed E-state index contributed by atoms with van der Waals surface area (Å²) in [6.45, 7) is 10.1. The smallest absolute Gasteiger partial charge is 0.412 e. The quantitative estimate of drug-likeness (QED) is 0.568. The molecule has 2 aromatic carbocycles. The lowest BCUT2D eigenvalue weighted by Crippen LogP contribution is -2.29. The van der Waals surface area contributed by atoms with E-state index in [4.69, 9.17) is 4.74 Å². The summed E-state index contributed by atoms with van der Waals surface area (Å²) in [4.78, 5) is 18.0. The number of amides is 1. The van der Waals surface area contributed by atoms with Crippen LogP contribution in [0.4, 0.5) is 10.5 Å². The van der Waals surface area contributed by atoms with Gasteiger partial charge >= 0.3 is 6.09 Å². The Kier molecular flexibility index (Phi) is 6.11. The van der Waals surface area contributed by atoms with E-state index in [0.29, 0.717) is 11.4 Å². The summed E-state index contributed by atoms with van der Waals surface area (Å²) in [6, 6.07) is 12.3. The second-order valence-electron chi connectivity index (χ2n) is 7.85. The fourth-order valence-corrected chi connectivity index (χ4v) is 3.88. The largest absolute Gasteiger partial charge is 0.496 e. The number of ether oxygens (including phenoxy) is 1. The van der Waals surface area contributed by atoms with E-state index >= 15 is 0 Å². The molecule has 1 aromatic heterocycles. The molecule has 156 valence electrons. The number of rotatable bonds is 5. The van der Waals surface area contributed by atoms with Crippen molar-refractivity contribution in [1.82, 2.24) is 4.98 Å². The van der Waals surface area contributed by atoms with Gasteiger partial charge in [-0.25, -0.2) is 4.79 Å². The number of aryl methyl sites for hydroxylation is 4. The summed E-state index contributed by atoms with van der Waals surface area (Å²) in [5, 5.41) is 9.97. The van der Waals surface area contributed by atoms with Crippen LogP contribution in [0.2, 0.25) is 0 Å². The maximum atomic E-state index is 12.2. The van der Waals surface area contributed by atoms with Gasteiger partial charge in [0.15, 0.2) is 0 Å². The molecule has 0 spiro atoms. The summed E-state index contributed by atoms with van der Waals surface area (Å²) in [5.74, 6) is 0.741. The van der Waals surface area contributed by atoms with Gasteiger partial charge in [0.1, 0.15) is 5.75 Å². The number of pyridine rings is 1. The van der Waals surface area contributed by atoms with Crippen LogP contribution in [0.5, 0.6) is 5.75 Å². The number of anilines is 1. The van der Waals surface area contributed by atoms with E-state index in [0.717, 1.165) is 33.6 Å². The third-order valence-corrected chi connectivity index (χ3v) is 5.22. The van der Waals surface area contributed by atoms with Crippen molar-refractivity contribution < 1.29 is 14.6 Å². The highest BCUT2D eigenvalue weighted by atomic mass is 16.5. The average molecular weight is 405 g/mol. The maximum Gasteiger partial charge on any atom is 0.412 e. The zero-order valence-corrected chi connectivity index (χ0v) is 18.4. The van der Waals surface area contributed by atoms with Crippen LogP contribution in [0.3, 0.4) is 0 Å². The molecule has 1 amide bonds. The van der Waals surface area contributed by atoms with Crippen LogP contribution >= 0.6 is 0 Å². The number of benzene rings is 2. The van der Waals surface area contributed by atoms with Crippen LogP contribution in [0.15, 0.2) is 42.6 Å². The zero-order chi connectivity index (χ0) is 22.0. The minimum Gasteiger partial charge on any atom is -0.496 e. The molecule has 0 aliphatic heterocycles. The number of carboxylic acid groups (broad SMARTS) is 1. The summed E-state index contributed by atoms with van der Waals surface area (Å²) in [7, 11) is 1.62. The summed E-state index contributed by atoms with van der Waals surface area (Å²) in [6.07, 6.45) is 0.700. The first kappa shape index (κ1) is 21.4. The molecule has 0 aliphatic rings. The van der Waals surface area contributed by atoms with Crippen molar-refractivity contribution in [2.45, 2.75) is 41.2 Å². The van der Waals surface area contributed by atoms with E-state index in [9.17, 15) is 9.90 Å². The van der Waals surface area contributed by atoms with E-state index in [1.165, 1.54) is 16.0 Å². The lowest BCUT2D eigenvalue weighted by molar-refractivity contribution is 0.201. The predicted molar refractivity (Wildman–Crippen MR) is 121 cm³/mol. The third kappa shape index (κ3) is 4.46. The highest BCUT2D eigenvalue weighted by Gasteiger charge is 2.20. The van der Waals surface area contributed by atoms with Gasteiger partial charge in [-0.05, 0) is 63.4 Å². The van der Waals surface area contributed by atoms with Crippen LogP contribution in [0.25, 0.3) is 11.1 Å². The maximum absolute atomic E-state index is 12.2. The van der Waals surface area contributed by atoms with Gasteiger partial charge < -0.3 is 9.84 Å². The van der Waals surface area contributed by atoms with Crippen LogP contribution < -0.4 is 9.64 Å². The molecular formula is C25H28N2O3. The van der Waals surface area contributed by atoms with Crippen molar-refractivity contribution in [3.8, 4) is 16.9 Å². The summed E-state index contributed by atoms with van der Waals surface area (Å²) in [5.41, 5.74) is 8.50. The molecule has 5 heteroatoms. The van der Waals surface area contributed by atoms with E-state index in [2.05, 4.69) is 43.1 Å². The first-order valence-electron chi connectivity index (χ1n) is 9.89.